The number of phenols is 1. The third-order valence-corrected chi connectivity index (χ3v) is 4.20. The van der Waals surface area contributed by atoms with Gasteiger partial charge in [-0.3, -0.25) is 4.79 Å². The highest BCUT2D eigenvalue weighted by atomic mass is 19.1. The number of para-hydroxylation sites is 1. The fraction of sp³-hybridized carbons (Fsp3) is 0.263. The fourth-order valence-corrected chi connectivity index (χ4v) is 2.80. The summed E-state index contributed by atoms with van der Waals surface area (Å²) in [5, 5.41) is 14.0. The first-order valence-corrected chi connectivity index (χ1v) is 8.62. The van der Waals surface area contributed by atoms with Crippen LogP contribution in [0, 0.1) is 5.82 Å². The minimum absolute atomic E-state index is 0.0330. The summed E-state index contributed by atoms with van der Waals surface area (Å²) in [4.78, 5) is 12.2. The van der Waals surface area contributed by atoms with E-state index in [1.165, 1.54) is 18.3 Å². The topological polar surface area (TPSA) is 95.0 Å². The lowest BCUT2D eigenvalue weighted by Crippen LogP contribution is -2.41. The first-order chi connectivity index (χ1) is 13.1. The number of hydrazine groups is 1. The zero-order chi connectivity index (χ0) is 19.2. The van der Waals surface area contributed by atoms with Crippen molar-refractivity contribution in [1.29, 1.82) is 0 Å². The van der Waals surface area contributed by atoms with Crippen molar-refractivity contribution in [3.05, 3.63) is 59.4 Å². The molecule has 1 aliphatic rings. The Morgan fingerprint density at radius 1 is 1.33 bits per heavy atom. The minimum Gasteiger partial charge on any atom is -0.504 e. The van der Waals surface area contributed by atoms with Crippen LogP contribution in [0.3, 0.4) is 0 Å². The van der Waals surface area contributed by atoms with Crippen molar-refractivity contribution in [2.75, 3.05) is 6.61 Å². The fourth-order valence-electron chi connectivity index (χ4n) is 2.80. The van der Waals surface area contributed by atoms with Gasteiger partial charge in [-0.15, -0.1) is 0 Å². The van der Waals surface area contributed by atoms with Crippen molar-refractivity contribution < 1.29 is 19.0 Å². The van der Waals surface area contributed by atoms with Gasteiger partial charge >= 0.3 is 0 Å². The maximum absolute atomic E-state index is 13.0. The molecule has 0 saturated carbocycles. The van der Waals surface area contributed by atoms with E-state index < -0.39 is 6.04 Å². The molecule has 27 heavy (non-hydrogen) atoms. The Hall–Kier alpha value is -2.97. The van der Waals surface area contributed by atoms with E-state index in [0.29, 0.717) is 24.3 Å². The van der Waals surface area contributed by atoms with Gasteiger partial charge in [0.2, 0.25) is 0 Å². The van der Waals surface area contributed by atoms with Gasteiger partial charge in [-0.25, -0.2) is 20.7 Å². The van der Waals surface area contributed by atoms with Gasteiger partial charge in [-0.05, 0) is 43.2 Å². The third kappa shape index (κ3) is 4.60. The second kappa shape index (κ2) is 8.61. The van der Waals surface area contributed by atoms with Gasteiger partial charge in [0.15, 0.2) is 11.5 Å². The van der Waals surface area contributed by atoms with Gasteiger partial charge < -0.3 is 9.84 Å². The Kier molecular flexibility index (Phi) is 6.00. The highest BCUT2D eigenvalue weighted by Gasteiger charge is 2.30. The van der Waals surface area contributed by atoms with Gasteiger partial charge in [-0.2, -0.15) is 5.10 Å². The molecular formula is C19H21FN4O3. The number of rotatable bonds is 6. The highest BCUT2D eigenvalue weighted by molar-refractivity contribution is 5.87. The molecule has 0 aliphatic carbocycles. The number of benzene rings is 2. The lowest BCUT2D eigenvalue weighted by molar-refractivity contribution is -0.122. The Morgan fingerprint density at radius 2 is 2.11 bits per heavy atom. The molecule has 8 heteroatoms. The number of carbonyl (C=O) groups excluding carboxylic acids is 1. The molecule has 2 aromatic rings. The summed E-state index contributed by atoms with van der Waals surface area (Å²) in [7, 11) is 0. The van der Waals surface area contributed by atoms with E-state index in [-0.39, 0.29) is 23.5 Å². The molecule has 0 bridgehead atoms. The molecule has 3 rings (SSSR count). The molecule has 1 fully saturated rings. The highest BCUT2D eigenvalue weighted by Crippen LogP contribution is 2.28. The van der Waals surface area contributed by atoms with Gasteiger partial charge in [0.25, 0.3) is 5.91 Å². The molecule has 0 radical (unpaired) electrons. The quantitative estimate of drug-likeness (QED) is 0.460. The minimum atomic E-state index is -0.486. The van der Waals surface area contributed by atoms with E-state index in [1.807, 2.05) is 6.92 Å². The van der Waals surface area contributed by atoms with E-state index >= 15 is 0 Å². The van der Waals surface area contributed by atoms with Crippen LogP contribution in [-0.4, -0.2) is 29.9 Å². The number of hydrazone groups is 1. The van der Waals surface area contributed by atoms with Crippen molar-refractivity contribution in [1.82, 2.24) is 16.3 Å². The van der Waals surface area contributed by atoms with Crippen LogP contribution >= 0.6 is 0 Å². The summed E-state index contributed by atoms with van der Waals surface area (Å²) in [6.07, 6.45) is 1.85. The molecule has 2 atom stereocenters. The van der Waals surface area contributed by atoms with Crippen molar-refractivity contribution in [2.45, 2.75) is 25.4 Å². The average Bonchev–Trinajstić information content (AvgIpc) is 3.15. The molecule has 0 spiro atoms. The first kappa shape index (κ1) is 18.8. The number of aromatic hydroxyl groups is 1. The number of hydrogen-bond donors (Lipinski definition) is 4. The Labute approximate surface area is 156 Å². The maximum Gasteiger partial charge on any atom is 0.258 e. The van der Waals surface area contributed by atoms with Crippen LogP contribution in [0.4, 0.5) is 4.39 Å². The van der Waals surface area contributed by atoms with Crippen LogP contribution in [0.5, 0.6) is 11.5 Å². The Morgan fingerprint density at radius 3 is 2.85 bits per heavy atom. The van der Waals surface area contributed by atoms with Crippen LogP contribution in [0.1, 0.15) is 30.5 Å². The second-order valence-corrected chi connectivity index (χ2v) is 6.04. The van der Waals surface area contributed by atoms with E-state index in [1.54, 1.807) is 30.3 Å². The zero-order valence-electron chi connectivity index (χ0n) is 14.8. The summed E-state index contributed by atoms with van der Waals surface area (Å²) in [6.45, 7) is 2.25. The van der Waals surface area contributed by atoms with Crippen molar-refractivity contribution in [3.63, 3.8) is 0 Å². The van der Waals surface area contributed by atoms with E-state index in [4.69, 9.17) is 4.74 Å². The van der Waals surface area contributed by atoms with E-state index in [0.717, 1.165) is 5.56 Å². The molecule has 4 N–H and O–H groups in total. The number of nitrogens with one attached hydrogen (secondary N) is 3. The Balaban J connectivity index is 1.56. The molecular weight excluding hydrogens is 351 g/mol. The lowest BCUT2D eigenvalue weighted by Gasteiger charge is -2.09. The third-order valence-electron chi connectivity index (χ3n) is 4.20. The van der Waals surface area contributed by atoms with E-state index in [9.17, 15) is 14.3 Å². The molecule has 142 valence electrons. The number of hydrogen-bond acceptors (Lipinski definition) is 6. The van der Waals surface area contributed by atoms with Gasteiger partial charge in [0, 0.05) is 11.6 Å². The number of halogens is 1. The molecule has 1 amide bonds. The summed E-state index contributed by atoms with van der Waals surface area (Å²) >= 11 is 0. The molecule has 1 saturated heterocycles. The maximum atomic E-state index is 13.0. The SMILES string of the molecule is CCOc1cccc(/C=N/NC(=O)C2CC(c3ccc(F)cc3)NN2)c1O. The summed E-state index contributed by atoms with van der Waals surface area (Å²) in [6, 6.07) is 10.6. The lowest BCUT2D eigenvalue weighted by atomic mass is 10.0. The van der Waals surface area contributed by atoms with Crippen LogP contribution in [0.2, 0.25) is 0 Å². The smallest absolute Gasteiger partial charge is 0.258 e. The molecule has 1 aliphatic heterocycles. The normalized spacial score (nSPS) is 19.3. The number of carbonyl (C=O) groups is 1. The van der Waals surface area contributed by atoms with Crippen molar-refractivity contribution >= 4 is 12.1 Å². The molecule has 0 aromatic heterocycles. The summed E-state index contributed by atoms with van der Waals surface area (Å²) in [5.74, 6) is -0.292. The number of phenolic OH excluding ortho intramolecular Hbond substituents is 1. The number of ether oxygens (including phenoxy) is 1. The monoisotopic (exact) mass is 372 g/mol. The predicted molar refractivity (Wildman–Crippen MR) is 98.8 cm³/mol. The van der Waals surface area contributed by atoms with Crippen LogP contribution in [-0.2, 0) is 4.79 Å². The summed E-state index contributed by atoms with van der Waals surface area (Å²) < 4.78 is 18.3. The molecule has 7 nitrogen and oxygen atoms in total. The van der Waals surface area contributed by atoms with E-state index in [2.05, 4.69) is 21.4 Å². The van der Waals surface area contributed by atoms with Crippen molar-refractivity contribution in [3.8, 4) is 11.5 Å². The van der Waals surface area contributed by atoms with Gasteiger partial charge in [0.1, 0.15) is 11.9 Å². The standard InChI is InChI=1S/C19H21FN4O3/c1-2-27-17-5-3-4-13(18(17)25)11-21-24-19(26)16-10-15(22-23-16)12-6-8-14(20)9-7-12/h3-9,11,15-16,22-23,25H,2,10H2,1H3,(H,24,26)/b21-11+. The Bertz CT molecular complexity index is 826. The van der Waals surface area contributed by atoms with Crippen LogP contribution in [0.15, 0.2) is 47.6 Å². The first-order valence-electron chi connectivity index (χ1n) is 8.62. The number of amides is 1. The van der Waals surface area contributed by atoms with Crippen LogP contribution in [0.25, 0.3) is 0 Å². The number of nitrogens with zero attached hydrogens (tertiary/aromatic N) is 1. The molecule has 1 heterocycles. The summed E-state index contributed by atoms with van der Waals surface area (Å²) in [5.41, 5.74) is 9.70. The van der Waals surface area contributed by atoms with Gasteiger partial charge in [0.05, 0.1) is 12.8 Å². The van der Waals surface area contributed by atoms with Crippen LogP contribution < -0.4 is 21.0 Å². The zero-order valence-corrected chi connectivity index (χ0v) is 14.8. The predicted octanol–water partition coefficient (Wildman–Crippen LogP) is 1.99. The average molecular weight is 372 g/mol. The second-order valence-electron chi connectivity index (χ2n) is 6.04. The van der Waals surface area contributed by atoms with Crippen molar-refractivity contribution in [2.24, 2.45) is 5.10 Å². The molecule has 2 aromatic carbocycles. The molecule has 2 unspecified atom stereocenters. The largest absolute Gasteiger partial charge is 0.504 e. The van der Waals surface area contributed by atoms with Gasteiger partial charge in [-0.1, -0.05) is 18.2 Å².